The van der Waals surface area contributed by atoms with Gasteiger partial charge in [-0.3, -0.25) is 14.5 Å². The normalized spacial score (nSPS) is 25.4. The number of rotatable bonds is 9. The molecule has 1 saturated carbocycles. The van der Waals surface area contributed by atoms with Gasteiger partial charge in [0.15, 0.2) is 0 Å². The van der Waals surface area contributed by atoms with E-state index in [-0.39, 0.29) is 23.3 Å². The molecule has 1 amide bonds. The van der Waals surface area contributed by atoms with E-state index in [2.05, 4.69) is 22.9 Å². The average Bonchev–Trinajstić information content (AvgIpc) is 2.92. The second-order valence-corrected chi connectivity index (χ2v) is 10.2. The zero-order valence-electron chi connectivity index (χ0n) is 22.6. The van der Waals surface area contributed by atoms with Crippen LogP contribution in [0.4, 0.5) is 0 Å². The minimum Gasteiger partial charge on any atom is -0.497 e. The van der Waals surface area contributed by atoms with E-state index in [4.69, 9.17) is 14.2 Å². The van der Waals surface area contributed by atoms with E-state index in [1.54, 1.807) is 32.4 Å². The number of likely N-dealkylation sites (tertiary alicyclic amines) is 1. The van der Waals surface area contributed by atoms with E-state index in [1.165, 1.54) is 6.92 Å². The fraction of sp³-hybridized carbons (Fsp3) is 0.419. The molecule has 1 saturated heterocycles. The molecule has 4 rings (SSSR count). The van der Waals surface area contributed by atoms with E-state index in [9.17, 15) is 9.59 Å². The quantitative estimate of drug-likeness (QED) is 0.228. The largest absolute Gasteiger partial charge is 0.497 e. The summed E-state index contributed by atoms with van der Waals surface area (Å²) in [6, 6.07) is 15.4. The first-order chi connectivity index (χ1) is 18.3. The number of fused-ring (bicyclic) bond motifs is 1. The lowest BCUT2D eigenvalue weighted by Crippen LogP contribution is -2.67. The lowest BCUT2D eigenvalue weighted by molar-refractivity contribution is -0.149. The molecular weight excluding hydrogens is 480 g/mol. The molecule has 1 N–H and O–H groups in total. The van der Waals surface area contributed by atoms with Crippen molar-refractivity contribution in [1.82, 2.24) is 10.2 Å². The smallest absolute Gasteiger partial charge is 0.308 e. The number of benzene rings is 2. The van der Waals surface area contributed by atoms with Gasteiger partial charge in [0.05, 0.1) is 12.7 Å². The Morgan fingerprint density at radius 2 is 1.92 bits per heavy atom. The summed E-state index contributed by atoms with van der Waals surface area (Å²) in [6.45, 7) is 7.77. The summed E-state index contributed by atoms with van der Waals surface area (Å²) in [6.07, 6.45) is 8.48. The Kier molecular flexibility index (Phi) is 8.69. The number of carbonyl (C=O) groups is 2. The predicted molar refractivity (Wildman–Crippen MR) is 148 cm³/mol. The van der Waals surface area contributed by atoms with Gasteiger partial charge in [-0.15, -0.1) is 6.58 Å². The van der Waals surface area contributed by atoms with Crippen LogP contribution >= 0.6 is 0 Å². The monoisotopic (exact) mass is 518 g/mol. The van der Waals surface area contributed by atoms with Crippen molar-refractivity contribution in [2.45, 2.75) is 49.7 Å². The van der Waals surface area contributed by atoms with Crippen LogP contribution in [0.3, 0.4) is 0 Å². The molecule has 0 spiro atoms. The second kappa shape index (κ2) is 12.0. The van der Waals surface area contributed by atoms with Gasteiger partial charge in [-0.1, -0.05) is 30.3 Å². The Bertz CT molecular complexity index is 1190. The van der Waals surface area contributed by atoms with E-state index in [0.717, 1.165) is 62.2 Å². The predicted octanol–water partition coefficient (Wildman–Crippen LogP) is 4.52. The van der Waals surface area contributed by atoms with E-state index in [1.807, 2.05) is 42.5 Å². The molecule has 0 aromatic heterocycles. The maximum atomic E-state index is 13.0. The van der Waals surface area contributed by atoms with Gasteiger partial charge in [-0.05, 0) is 73.7 Å². The van der Waals surface area contributed by atoms with Crippen LogP contribution in [-0.2, 0) is 19.7 Å². The first kappa shape index (κ1) is 27.6. The topological polar surface area (TPSA) is 77.1 Å². The summed E-state index contributed by atoms with van der Waals surface area (Å²) < 4.78 is 17.1. The first-order valence-electron chi connectivity index (χ1n) is 13.1. The van der Waals surface area contributed by atoms with E-state index in [0.29, 0.717) is 5.75 Å². The fourth-order valence-corrected chi connectivity index (χ4v) is 6.24. The van der Waals surface area contributed by atoms with Crippen molar-refractivity contribution in [3.05, 3.63) is 78.4 Å². The van der Waals surface area contributed by atoms with Crippen LogP contribution < -0.4 is 14.8 Å². The molecular formula is C31H38N2O5. The molecule has 0 bridgehead atoms. The Hall–Kier alpha value is -3.42. The zero-order chi connectivity index (χ0) is 27.2. The molecule has 2 aromatic rings. The lowest BCUT2D eigenvalue weighted by atomic mass is 9.55. The second-order valence-electron chi connectivity index (χ2n) is 10.2. The number of nitrogens with zero attached hydrogens (tertiary/aromatic N) is 1. The summed E-state index contributed by atoms with van der Waals surface area (Å²) in [5.74, 6) is 0.789. The van der Waals surface area contributed by atoms with Gasteiger partial charge < -0.3 is 19.5 Å². The number of methoxy groups -OCH3 is 2. The van der Waals surface area contributed by atoms with Gasteiger partial charge >= 0.3 is 5.97 Å². The first-order valence-corrected chi connectivity index (χ1v) is 13.1. The Morgan fingerprint density at radius 3 is 2.66 bits per heavy atom. The number of carbonyl (C=O) groups excluding carboxylic acids is 2. The summed E-state index contributed by atoms with van der Waals surface area (Å²) >= 11 is 0. The van der Waals surface area contributed by atoms with Crippen molar-refractivity contribution in [2.24, 2.45) is 0 Å². The van der Waals surface area contributed by atoms with Crippen molar-refractivity contribution in [1.29, 1.82) is 0 Å². The highest BCUT2D eigenvalue weighted by Crippen LogP contribution is 2.53. The summed E-state index contributed by atoms with van der Waals surface area (Å²) in [4.78, 5) is 27.0. The fourth-order valence-electron chi connectivity index (χ4n) is 6.24. The van der Waals surface area contributed by atoms with Gasteiger partial charge in [-0.2, -0.15) is 0 Å². The molecule has 1 heterocycles. The van der Waals surface area contributed by atoms with E-state index >= 15 is 0 Å². The van der Waals surface area contributed by atoms with Crippen molar-refractivity contribution >= 4 is 18.0 Å². The van der Waals surface area contributed by atoms with Crippen molar-refractivity contribution in [3.63, 3.8) is 0 Å². The van der Waals surface area contributed by atoms with Crippen molar-refractivity contribution < 1.29 is 23.8 Å². The van der Waals surface area contributed by atoms with Gasteiger partial charge in [0.1, 0.15) is 11.5 Å². The van der Waals surface area contributed by atoms with Crippen LogP contribution in [0.2, 0.25) is 0 Å². The van der Waals surface area contributed by atoms with E-state index < -0.39 is 5.60 Å². The maximum Gasteiger partial charge on any atom is 0.308 e. The molecule has 7 heteroatoms. The Balaban J connectivity index is 1.60. The van der Waals surface area contributed by atoms with Gasteiger partial charge in [-0.25, -0.2) is 0 Å². The van der Waals surface area contributed by atoms with Crippen LogP contribution in [0.25, 0.3) is 6.08 Å². The van der Waals surface area contributed by atoms with Crippen molar-refractivity contribution in [3.8, 4) is 11.5 Å². The third-order valence-electron chi connectivity index (χ3n) is 7.99. The lowest BCUT2D eigenvalue weighted by Gasteiger charge is -2.59. The van der Waals surface area contributed by atoms with Gasteiger partial charge in [0.25, 0.3) is 0 Å². The van der Waals surface area contributed by atoms with Crippen LogP contribution in [0.1, 0.15) is 43.7 Å². The number of nitrogens with one attached hydrogen (secondary N) is 1. The molecule has 1 aliphatic heterocycles. The number of piperidine rings is 1. The van der Waals surface area contributed by atoms with Crippen LogP contribution in [0.15, 0.2) is 67.3 Å². The molecule has 3 atom stereocenters. The number of amides is 1. The number of hydrogen-bond acceptors (Lipinski definition) is 6. The average molecular weight is 519 g/mol. The molecule has 202 valence electrons. The molecule has 2 aromatic carbocycles. The molecule has 38 heavy (non-hydrogen) atoms. The SMILES string of the molecule is C=CCN1CC[C@@]2(c3cccc(OC(C)=O)c3)C[C@H](NC(=O)C=Cc3cccc(OC)c3)CC[C@]2(OC)C1. The maximum absolute atomic E-state index is 13.0. The van der Waals surface area contributed by atoms with Crippen LogP contribution in [0.5, 0.6) is 11.5 Å². The third-order valence-corrected chi connectivity index (χ3v) is 7.99. The Labute approximate surface area is 225 Å². The highest BCUT2D eigenvalue weighted by Gasteiger charge is 2.58. The Morgan fingerprint density at radius 1 is 1.13 bits per heavy atom. The standard InChI is InChI=1S/C31H38N2O5/c1-5-17-33-18-16-30(25-9-7-11-28(20-25)38-23(2)34)21-26(14-15-31(30,22-33)37-4)32-29(35)13-12-24-8-6-10-27(19-24)36-3/h5-13,19-20,26H,1,14-18,21-22H2,2-4H3,(H,32,35)/t26-,30+,31+/m1/s1. The number of ether oxygens (including phenoxy) is 3. The minimum absolute atomic E-state index is 0.0240. The summed E-state index contributed by atoms with van der Waals surface area (Å²) in [7, 11) is 3.41. The van der Waals surface area contributed by atoms with Gasteiger partial charge in [0.2, 0.25) is 5.91 Å². The third kappa shape index (κ3) is 5.84. The van der Waals surface area contributed by atoms with Crippen LogP contribution in [0, 0.1) is 0 Å². The molecule has 0 unspecified atom stereocenters. The zero-order valence-corrected chi connectivity index (χ0v) is 22.6. The minimum atomic E-state index is -0.444. The summed E-state index contributed by atoms with van der Waals surface area (Å²) in [5, 5.41) is 3.24. The number of esters is 1. The molecule has 7 nitrogen and oxygen atoms in total. The van der Waals surface area contributed by atoms with Crippen molar-refractivity contribution in [2.75, 3.05) is 33.9 Å². The van der Waals surface area contributed by atoms with Gasteiger partial charge in [0, 0.05) is 44.7 Å². The van der Waals surface area contributed by atoms with Crippen LogP contribution in [-0.4, -0.2) is 62.3 Å². The molecule has 2 aliphatic rings. The molecule has 1 aliphatic carbocycles. The summed E-state index contributed by atoms with van der Waals surface area (Å²) in [5.41, 5.74) is 1.17. The molecule has 0 radical (unpaired) electrons. The molecule has 2 fully saturated rings. The highest BCUT2D eigenvalue weighted by atomic mass is 16.5. The number of hydrogen-bond donors (Lipinski definition) is 1. The highest BCUT2D eigenvalue weighted by molar-refractivity contribution is 5.92.